The number of aromatic nitrogens is 12. The Hall–Kier alpha value is -7.58. The molecule has 40 heteroatoms. The van der Waals surface area contributed by atoms with Crippen LogP contribution in [-0.4, -0.2) is 212 Å². The third-order valence-corrected chi connectivity index (χ3v) is 33.5. The number of fused-ring (bicyclic) bond motifs is 12. The number of hydrogen-bond donors (Lipinski definition) is 1. The van der Waals surface area contributed by atoms with Gasteiger partial charge in [0, 0.05) is 86.1 Å². The quantitative estimate of drug-likeness (QED) is 0.0254. The van der Waals surface area contributed by atoms with Crippen LogP contribution in [0.25, 0.3) is 40.9 Å². The number of carbonyl (C=O) groups is 3. The molecule has 8 aliphatic carbocycles. The van der Waals surface area contributed by atoms with E-state index in [9.17, 15) is 19.5 Å². The largest absolute Gasteiger partial charge is 1.00 e. The summed E-state index contributed by atoms with van der Waals surface area (Å²) in [6.07, 6.45) is 47.3. The fourth-order valence-corrected chi connectivity index (χ4v) is 26.7. The van der Waals surface area contributed by atoms with Crippen molar-refractivity contribution in [3.8, 4) is 23.5 Å². The van der Waals surface area contributed by atoms with E-state index in [0.717, 1.165) is 231 Å². The summed E-state index contributed by atoms with van der Waals surface area (Å²) in [5.41, 5.74) is 3.87. The predicted octanol–water partition coefficient (Wildman–Crippen LogP) is 19.7. The van der Waals surface area contributed by atoms with Gasteiger partial charge in [-0.3, -0.25) is 0 Å². The number of thiophene rings is 4. The Balaban J connectivity index is 0.000000167. The minimum absolute atomic E-state index is 0. The molecule has 6 atom stereocenters. The SMILES string of the molecule is CN(C(=O)OC(C)(C)C)C1CCC(Oc2ncnc3sc4c(c23)[C@@H](CC(I)c2ncco2)CC4)CC1.CN(C(=O)OC(C)(C)C)C1CCC(Oc2ncnc3sc4c(c23)[C@@H](CC(O)c2ncco2)CC4)CC1.CN(C(=O)OC(C)(C)C)C1CCC(Oc2ncnc3sc4c(c23)[C@@H](CCc2ncco2)CC4)CC1.CN(C)C1CCC(Oc2ncnc3sc4c(c23)[C@@H](CCc2ncco2)CC4)CC1.S.S.[B].[H-].[Na+]. The summed E-state index contributed by atoms with van der Waals surface area (Å²) in [5, 5.41) is 15.0. The molecular weight excluding hydrogens is 2020 g/mol. The molecule has 4 saturated carbocycles. The summed E-state index contributed by atoms with van der Waals surface area (Å²) < 4.78 is 64.6. The molecule has 751 valence electrons. The summed E-state index contributed by atoms with van der Waals surface area (Å²) in [4.78, 5) is 108. The van der Waals surface area contributed by atoms with Crippen LogP contribution >= 0.6 is 94.9 Å². The van der Waals surface area contributed by atoms with Crippen molar-refractivity contribution in [3.63, 3.8) is 0 Å². The second-order valence-corrected chi connectivity index (χ2v) is 46.5. The summed E-state index contributed by atoms with van der Waals surface area (Å²) in [5.74, 6) is 7.10. The molecule has 0 aromatic carbocycles. The molecule has 0 bridgehead atoms. The van der Waals surface area contributed by atoms with Crippen LogP contribution < -0.4 is 48.5 Å². The van der Waals surface area contributed by atoms with Gasteiger partial charge in [-0.25, -0.2) is 74.2 Å². The second-order valence-electron chi connectivity index (χ2n) is 40.7. The molecule has 140 heavy (non-hydrogen) atoms. The number of oxazole rings is 4. The standard InChI is InChI=1S/C26H33IN4O4S.C26H34N4O5S.C26H34N4O4S.C22H28N4O2S.B.Na.2H2S.H/c1-26(2,3)35-25(32)31(4)16-6-8-17(9-7-16)34-23-21-20-15(13-18(27)22-28-11-12-33-22)5-10-19(20)36-24(21)30-14-29-23;1-26(2,3)35-25(32)30(4)16-6-8-17(9-7-16)34-23-21-20-15(13-18(31)22-27-11-12-33-22)5-10-19(20)36-24(21)29-14-28-23;1-26(2,3)34-25(31)30(4)17-7-9-18(10-8-17)33-23-22-21-16(6-12-20-27-13-14-32-20)5-11-19(21)35-24(22)29-15-28-23;1-26(2)15-5-7-16(8-6-15)28-21-20-19-14(4-10-18-23-11-12-27-18)3-9-17(19)29-22(20)25-13-24-21;;;;;/h11-12,14-18H,5-10,13H2,1-4H3;11-12,14-18,31H,5-10,13H2,1-4H3;13-18H,5-12H2,1-4H3;11-16H,3-10H2,1-2H3;;;2*1H2;/q;;;;;+1;;;-1/t2*15-,16?,17?,18?;16-,17?,18?;14-,15?,16?;;;;;/m1111...../s1. The summed E-state index contributed by atoms with van der Waals surface area (Å²) >= 11 is 9.49. The van der Waals surface area contributed by atoms with Crippen LogP contribution in [0.15, 0.2) is 92.8 Å². The van der Waals surface area contributed by atoms with Gasteiger partial charge in [-0.1, -0.05) is 22.6 Å². The Bertz CT molecular complexity index is 5810. The first-order valence-corrected chi connectivity index (χ1v) is 53.0. The molecule has 8 aliphatic rings. The van der Waals surface area contributed by atoms with Gasteiger partial charge in [0.25, 0.3) is 0 Å². The van der Waals surface area contributed by atoms with Crippen LogP contribution in [-0.2, 0) is 52.7 Å². The molecule has 20 rings (SSSR count). The third kappa shape index (κ3) is 26.8. The molecule has 3 radical (unpaired) electrons. The number of halogens is 1. The van der Waals surface area contributed by atoms with E-state index >= 15 is 0 Å². The zero-order chi connectivity index (χ0) is 95.3. The summed E-state index contributed by atoms with van der Waals surface area (Å²) in [6, 6.07) is 1.14. The molecule has 0 spiro atoms. The van der Waals surface area contributed by atoms with Gasteiger partial charge in [-0.05, 0) is 302 Å². The van der Waals surface area contributed by atoms with Crippen molar-refractivity contribution in [2.45, 2.75) is 354 Å². The Morgan fingerprint density at radius 1 is 0.393 bits per heavy atom. The third-order valence-electron chi connectivity index (χ3n) is 27.7. The van der Waals surface area contributed by atoms with Gasteiger partial charge in [0.05, 0.1) is 50.3 Å². The number of carbonyl (C=O) groups excluding carboxylic acids is 3. The van der Waals surface area contributed by atoms with E-state index in [2.05, 4.69) is 101 Å². The normalized spacial score (nSPS) is 22.4. The van der Waals surface area contributed by atoms with Gasteiger partial charge in [0.15, 0.2) is 11.8 Å². The number of aryl methyl sites for hydroxylation is 6. The predicted molar refractivity (Wildman–Crippen MR) is 558 cm³/mol. The monoisotopic (exact) mass is 2150 g/mol. The maximum absolute atomic E-state index is 12.5. The molecule has 2 unspecified atom stereocenters. The van der Waals surface area contributed by atoms with Crippen LogP contribution in [0.4, 0.5) is 14.4 Å². The number of alkyl halides is 1. The second kappa shape index (κ2) is 48.6. The summed E-state index contributed by atoms with van der Waals surface area (Å²) in [7, 11) is 9.83. The smallest absolute Gasteiger partial charge is 1.00 e. The van der Waals surface area contributed by atoms with E-state index in [1.165, 1.54) is 67.3 Å². The van der Waals surface area contributed by atoms with Crippen LogP contribution in [0.2, 0.25) is 0 Å². The Labute approximate surface area is 888 Å². The van der Waals surface area contributed by atoms with E-state index in [-0.39, 0.29) is 137 Å². The van der Waals surface area contributed by atoms with Crippen LogP contribution in [0.1, 0.15) is 317 Å². The average Bonchev–Trinajstić information content (AvgIpc) is 1.62. The number of rotatable bonds is 24. The van der Waals surface area contributed by atoms with Crippen molar-refractivity contribution < 1.29 is 101 Å². The molecule has 0 saturated heterocycles. The Kier molecular flexibility index (Phi) is 38.1. The molecule has 0 aliphatic heterocycles. The van der Waals surface area contributed by atoms with Crippen LogP contribution in [0.3, 0.4) is 0 Å². The zero-order valence-electron chi connectivity index (χ0n) is 84.1. The maximum Gasteiger partial charge on any atom is 1.00 e. The van der Waals surface area contributed by atoms with Crippen molar-refractivity contribution in [1.82, 2.24) is 79.4 Å². The average molecular weight is 2150 g/mol. The number of aliphatic hydroxyl groups excluding tert-OH is 1. The first-order valence-electron chi connectivity index (χ1n) is 48.5. The molecule has 4 fully saturated rings. The molecule has 12 aromatic heterocycles. The first-order chi connectivity index (χ1) is 65.4. The van der Waals surface area contributed by atoms with E-state index in [4.69, 9.17) is 50.8 Å². The van der Waals surface area contributed by atoms with Gasteiger partial charge in [0.1, 0.15) is 117 Å². The van der Waals surface area contributed by atoms with E-state index in [1.807, 2.05) is 94.8 Å². The number of hydrogen-bond acceptors (Lipinski definition) is 32. The van der Waals surface area contributed by atoms with Crippen molar-refractivity contribution in [2.75, 3.05) is 35.2 Å². The van der Waals surface area contributed by atoms with Crippen LogP contribution in [0, 0.1) is 0 Å². The Morgan fingerprint density at radius 3 is 0.957 bits per heavy atom. The zero-order valence-corrected chi connectivity index (χ0v) is 92.6. The van der Waals surface area contributed by atoms with Crippen molar-refractivity contribution >= 4 is 162 Å². The van der Waals surface area contributed by atoms with Gasteiger partial charge in [-0.2, -0.15) is 27.0 Å². The summed E-state index contributed by atoms with van der Waals surface area (Å²) in [6.45, 7) is 17.0. The van der Waals surface area contributed by atoms with Crippen molar-refractivity contribution in [1.29, 1.82) is 0 Å². The number of nitrogens with zero attached hydrogens (tertiary/aromatic N) is 16. The Morgan fingerprint density at radius 2 is 0.671 bits per heavy atom. The number of amides is 3. The van der Waals surface area contributed by atoms with Crippen molar-refractivity contribution in [2.24, 2.45) is 0 Å². The van der Waals surface area contributed by atoms with Crippen LogP contribution in [0.5, 0.6) is 23.5 Å². The molecular formula is C100H134BIN16NaO15S6. The van der Waals surface area contributed by atoms with E-state index in [1.54, 1.807) is 118 Å². The van der Waals surface area contributed by atoms with Gasteiger partial charge >= 0.3 is 47.8 Å². The van der Waals surface area contributed by atoms with Gasteiger partial charge in [-0.15, -0.1) is 45.3 Å². The van der Waals surface area contributed by atoms with E-state index in [0.29, 0.717) is 53.7 Å². The number of aliphatic hydroxyl groups is 1. The number of ether oxygens (including phenoxy) is 7. The molecule has 1 N–H and O–H groups in total. The molecule has 12 aromatic rings. The topological polar surface area (TPSA) is 356 Å². The minimum Gasteiger partial charge on any atom is -1.00 e. The maximum atomic E-state index is 12.5. The molecule has 3 amide bonds. The van der Waals surface area contributed by atoms with E-state index < -0.39 is 22.9 Å². The molecule has 31 nitrogen and oxygen atoms in total. The van der Waals surface area contributed by atoms with Gasteiger partial charge in [0.2, 0.25) is 35.3 Å². The molecule has 12 heterocycles. The fourth-order valence-electron chi connectivity index (χ4n) is 20.8. The first kappa shape index (κ1) is 110. The minimum atomic E-state index is -0.753. The van der Waals surface area contributed by atoms with Crippen molar-refractivity contribution in [3.05, 3.63) is 140 Å². The van der Waals surface area contributed by atoms with Gasteiger partial charge < -0.3 is 77.0 Å². The fraction of sp³-hybridized carbons (Fsp3) is 0.610.